The van der Waals surface area contributed by atoms with Crippen molar-refractivity contribution in [2.24, 2.45) is 0 Å². The first-order valence-electron chi connectivity index (χ1n) is 6.92. The molecule has 1 aliphatic carbocycles. The second-order valence-electron chi connectivity index (χ2n) is 5.26. The molecule has 1 amide bonds. The highest BCUT2D eigenvalue weighted by molar-refractivity contribution is 6.05. The van der Waals surface area contributed by atoms with Crippen molar-refractivity contribution in [3.05, 3.63) is 41.7 Å². The summed E-state index contributed by atoms with van der Waals surface area (Å²) < 4.78 is 5.57. The first-order valence-corrected chi connectivity index (χ1v) is 6.92. The number of hydrogen-bond acceptors (Lipinski definition) is 3. The van der Waals surface area contributed by atoms with Crippen LogP contribution in [0.5, 0.6) is 5.75 Å². The van der Waals surface area contributed by atoms with E-state index in [0.29, 0.717) is 24.8 Å². The van der Waals surface area contributed by atoms with Crippen LogP contribution in [0.3, 0.4) is 0 Å². The third-order valence-electron chi connectivity index (χ3n) is 3.81. The first-order chi connectivity index (χ1) is 9.83. The molecule has 2 aliphatic rings. The summed E-state index contributed by atoms with van der Waals surface area (Å²) in [6, 6.07) is 9.49. The number of carbonyl (C=O) groups is 1. The third kappa shape index (κ3) is 1.86. The summed E-state index contributed by atoms with van der Waals surface area (Å²) in [6.45, 7) is 1.07. The van der Waals surface area contributed by atoms with Crippen LogP contribution in [0.25, 0.3) is 0 Å². The van der Waals surface area contributed by atoms with Gasteiger partial charge in [-0.1, -0.05) is 12.1 Å². The van der Waals surface area contributed by atoms with E-state index in [9.17, 15) is 4.79 Å². The average Bonchev–Trinajstić information content (AvgIpc) is 3.23. The van der Waals surface area contributed by atoms with E-state index in [1.807, 2.05) is 30.3 Å². The molecule has 5 heteroatoms. The number of amides is 1. The Morgan fingerprint density at radius 3 is 3.05 bits per heavy atom. The highest BCUT2D eigenvalue weighted by Crippen LogP contribution is 2.39. The van der Waals surface area contributed by atoms with Crippen LogP contribution >= 0.6 is 0 Å². The minimum atomic E-state index is -0.0658. The SMILES string of the molecule is O=C(c1cc(C2CC2)[nH]n1)N1CCOc2ccccc21. The molecule has 2 heterocycles. The zero-order valence-electron chi connectivity index (χ0n) is 11.0. The minimum absolute atomic E-state index is 0.0658. The Morgan fingerprint density at radius 2 is 2.20 bits per heavy atom. The maximum Gasteiger partial charge on any atom is 0.278 e. The molecule has 2 aromatic rings. The van der Waals surface area contributed by atoms with Gasteiger partial charge in [0.05, 0.1) is 12.2 Å². The Morgan fingerprint density at radius 1 is 1.35 bits per heavy atom. The largest absolute Gasteiger partial charge is 0.490 e. The molecular weight excluding hydrogens is 254 g/mol. The van der Waals surface area contributed by atoms with Gasteiger partial charge in [0.2, 0.25) is 0 Å². The molecule has 0 bridgehead atoms. The van der Waals surface area contributed by atoms with Crippen LogP contribution in [-0.4, -0.2) is 29.3 Å². The van der Waals surface area contributed by atoms with Gasteiger partial charge >= 0.3 is 0 Å². The van der Waals surface area contributed by atoms with Crippen molar-refractivity contribution in [2.75, 3.05) is 18.1 Å². The fraction of sp³-hybridized carbons (Fsp3) is 0.333. The lowest BCUT2D eigenvalue weighted by Crippen LogP contribution is -2.38. The van der Waals surface area contributed by atoms with E-state index in [4.69, 9.17) is 4.74 Å². The van der Waals surface area contributed by atoms with E-state index in [-0.39, 0.29) is 5.91 Å². The van der Waals surface area contributed by atoms with Gasteiger partial charge < -0.3 is 9.64 Å². The highest BCUT2D eigenvalue weighted by atomic mass is 16.5. The number of aromatic nitrogens is 2. The number of anilines is 1. The van der Waals surface area contributed by atoms with Crippen LogP contribution in [0.15, 0.2) is 30.3 Å². The Kier molecular flexibility index (Phi) is 2.52. The summed E-state index contributed by atoms with van der Waals surface area (Å²) in [4.78, 5) is 14.3. The Hall–Kier alpha value is -2.30. The number of benzene rings is 1. The number of hydrogen-bond donors (Lipinski definition) is 1. The summed E-state index contributed by atoms with van der Waals surface area (Å²) in [5, 5.41) is 7.15. The average molecular weight is 269 g/mol. The van der Waals surface area contributed by atoms with Crippen molar-refractivity contribution in [1.82, 2.24) is 10.2 Å². The van der Waals surface area contributed by atoms with Gasteiger partial charge in [-0.2, -0.15) is 5.10 Å². The van der Waals surface area contributed by atoms with Crippen LogP contribution in [0.4, 0.5) is 5.69 Å². The Labute approximate surface area is 116 Å². The maximum absolute atomic E-state index is 12.6. The summed E-state index contributed by atoms with van der Waals surface area (Å²) in [5.41, 5.74) is 2.39. The molecule has 1 aromatic heterocycles. The minimum Gasteiger partial charge on any atom is -0.490 e. The molecule has 0 atom stereocenters. The lowest BCUT2D eigenvalue weighted by atomic mass is 10.2. The number of rotatable bonds is 2. The number of nitrogens with zero attached hydrogens (tertiary/aromatic N) is 2. The summed E-state index contributed by atoms with van der Waals surface area (Å²) in [7, 11) is 0. The number of aromatic amines is 1. The van der Waals surface area contributed by atoms with Gasteiger partial charge in [-0.15, -0.1) is 0 Å². The standard InChI is InChI=1S/C15H15N3O2/c19-15(12-9-11(16-17-12)10-5-6-10)18-7-8-20-14-4-2-1-3-13(14)18/h1-4,9-10H,5-8H2,(H,16,17). The Balaban J connectivity index is 1.65. The first kappa shape index (κ1) is 11.5. The number of para-hydroxylation sites is 2. The number of carbonyl (C=O) groups excluding carboxylic acids is 1. The molecule has 0 spiro atoms. The predicted octanol–water partition coefficient (Wildman–Crippen LogP) is 2.33. The molecule has 0 saturated heterocycles. The van der Waals surface area contributed by atoms with Crippen molar-refractivity contribution in [1.29, 1.82) is 0 Å². The molecule has 1 aliphatic heterocycles. The molecule has 0 unspecified atom stereocenters. The van der Waals surface area contributed by atoms with Gasteiger partial charge in [0.25, 0.3) is 5.91 Å². The van der Waals surface area contributed by atoms with E-state index in [0.717, 1.165) is 17.1 Å². The molecule has 1 saturated carbocycles. The Bertz CT molecular complexity index is 661. The second-order valence-corrected chi connectivity index (χ2v) is 5.26. The molecule has 5 nitrogen and oxygen atoms in total. The molecule has 20 heavy (non-hydrogen) atoms. The lowest BCUT2D eigenvalue weighted by Gasteiger charge is -2.28. The third-order valence-corrected chi connectivity index (χ3v) is 3.81. The van der Waals surface area contributed by atoms with Crippen LogP contribution in [0.1, 0.15) is 34.9 Å². The molecule has 1 fully saturated rings. The van der Waals surface area contributed by atoms with E-state index in [2.05, 4.69) is 10.2 Å². The number of fused-ring (bicyclic) bond motifs is 1. The zero-order chi connectivity index (χ0) is 13.5. The van der Waals surface area contributed by atoms with Gasteiger partial charge in [-0.3, -0.25) is 9.89 Å². The normalized spacial score (nSPS) is 17.5. The monoisotopic (exact) mass is 269 g/mol. The van der Waals surface area contributed by atoms with Crippen LogP contribution in [-0.2, 0) is 0 Å². The van der Waals surface area contributed by atoms with Crippen molar-refractivity contribution >= 4 is 11.6 Å². The topological polar surface area (TPSA) is 58.2 Å². The fourth-order valence-corrected chi connectivity index (χ4v) is 2.57. The molecule has 1 N–H and O–H groups in total. The van der Waals surface area contributed by atoms with Gasteiger partial charge in [-0.05, 0) is 31.0 Å². The highest BCUT2D eigenvalue weighted by Gasteiger charge is 2.29. The van der Waals surface area contributed by atoms with Gasteiger partial charge in [0.1, 0.15) is 12.4 Å². The number of nitrogens with one attached hydrogen (secondary N) is 1. The number of ether oxygens (including phenoxy) is 1. The summed E-state index contributed by atoms with van der Waals surface area (Å²) >= 11 is 0. The molecule has 0 radical (unpaired) electrons. The van der Waals surface area contributed by atoms with Crippen LogP contribution < -0.4 is 9.64 Å². The molecule has 4 rings (SSSR count). The molecule has 102 valence electrons. The van der Waals surface area contributed by atoms with Crippen LogP contribution in [0, 0.1) is 0 Å². The summed E-state index contributed by atoms with van der Waals surface area (Å²) in [5.74, 6) is 1.26. The molecular formula is C15H15N3O2. The second kappa shape index (κ2) is 4.37. The lowest BCUT2D eigenvalue weighted by molar-refractivity contribution is 0.0972. The van der Waals surface area contributed by atoms with Crippen molar-refractivity contribution in [2.45, 2.75) is 18.8 Å². The fourth-order valence-electron chi connectivity index (χ4n) is 2.57. The summed E-state index contributed by atoms with van der Waals surface area (Å²) in [6.07, 6.45) is 2.38. The quantitative estimate of drug-likeness (QED) is 0.910. The van der Waals surface area contributed by atoms with E-state index in [1.54, 1.807) is 4.90 Å². The molecule has 1 aromatic carbocycles. The van der Waals surface area contributed by atoms with Gasteiger partial charge in [-0.25, -0.2) is 0 Å². The van der Waals surface area contributed by atoms with Crippen molar-refractivity contribution in [3.63, 3.8) is 0 Å². The van der Waals surface area contributed by atoms with Crippen molar-refractivity contribution in [3.8, 4) is 5.75 Å². The van der Waals surface area contributed by atoms with E-state index in [1.165, 1.54) is 12.8 Å². The van der Waals surface area contributed by atoms with E-state index < -0.39 is 0 Å². The number of H-pyrrole nitrogens is 1. The smallest absolute Gasteiger partial charge is 0.278 e. The predicted molar refractivity (Wildman–Crippen MR) is 74.2 cm³/mol. The maximum atomic E-state index is 12.6. The van der Waals surface area contributed by atoms with E-state index >= 15 is 0 Å². The van der Waals surface area contributed by atoms with Crippen LogP contribution in [0.2, 0.25) is 0 Å². The zero-order valence-corrected chi connectivity index (χ0v) is 11.0. The van der Waals surface area contributed by atoms with Gasteiger partial charge in [0, 0.05) is 11.6 Å². The van der Waals surface area contributed by atoms with Crippen molar-refractivity contribution < 1.29 is 9.53 Å². The van der Waals surface area contributed by atoms with Gasteiger partial charge in [0.15, 0.2) is 5.69 Å².